The van der Waals surface area contributed by atoms with Gasteiger partial charge in [-0.2, -0.15) is 13.2 Å². The molecule has 0 bridgehead atoms. The number of hydrogen-bond acceptors (Lipinski definition) is 3. The SMILES string of the molecule is Cc1noc(C)c1CC(=O)N[C@H](CC(C)(C)C)C(F)(F)F. The van der Waals surface area contributed by atoms with Crippen LogP contribution in [0.3, 0.4) is 0 Å². The third-order valence-corrected chi connectivity index (χ3v) is 3.07. The number of aromatic nitrogens is 1. The number of aryl methyl sites for hydroxylation is 2. The second kappa shape index (κ2) is 6.07. The summed E-state index contributed by atoms with van der Waals surface area (Å²) < 4.78 is 43.9. The van der Waals surface area contributed by atoms with Crippen LogP contribution in [0.25, 0.3) is 0 Å². The van der Waals surface area contributed by atoms with Crippen molar-refractivity contribution in [3.8, 4) is 0 Å². The lowest BCUT2D eigenvalue weighted by atomic mass is 9.87. The lowest BCUT2D eigenvalue weighted by Crippen LogP contribution is -2.47. The van der Waals surface area contributed by atoms with E-state index in [0.717, 1.165) is 0 Å². The Balaban J connectivity index is 2.78. The van der Waals surface area contributed by atoms with Gasteiger partial charge >= 0.3 is 6.18 Å². The van der Waals surface area contributed by atoms with E-state index in [2.05, 4.69) is 10.5 Å². The molecule has 7 heteroatoms. The highest BCUT2D eigenvalue weighted by atomic mass is 19.4. The molecule has 0 aliphatic carbocycles. The summed E-state index contributed by atoms with van der Waals surface area (Å²) >= 11 is 0. The standard InChI is InChI=1S/C14H21F3N2O2/c1-8-10(9(2)21-19-8)6-12(20)18-11(14(15,16)17)7-13(3,4)5/h11H,6-7H2,1-5H3,(H,18,20)/t11-/m1/s1. The Morgan fingerprint density at radius 2 is 1.86 bits per heavy atom. The van der Waals surface area contributed by atoms with Crippen molar-refractivity contribution in [2.24, 2.45) is 5.41 Å². The lowest BCUT2D eigenvalue weighted by Gasteiger charge is -2.28. The molecule has 1 amide bonds. The molecule has 4 nitrogen and oxygen atoms in total. The summed E-state index contributed by atoms with van der Waals surface area (Å²) in [7, 11) is 0. The second-order valence-electron chi connectivity index (χ2n) is 6.41. The molecule has 0 radical (unpaired) electrons. The fourth-order valence-corrected chi connectivity index (χ4v) is 2.02. The molecule has 0 aliphatic heterocycles. The minimum Gasteiger partial charge on any atom is -0.361 e. The zero-order chi connectivity index (χ0) is 16.4. The molecular formula is C14H21F3N2O2. The number of nitrogens with zero attached hydrogens (tertiary/aromatic N) is 1. The first-order chi connectivity index (χ1) is 9.40. The molecule has 0 aromatic carbocycles. The average molecular weight is 306 g/mol. The van der Waals surface area contributed by atoms with Crippen LogP contribution >= 0.6 is 0 Å². The van der Waals surface area contributed by atoms with Gasteiger partial charge in [0.25, 0.3) is 0 Å². The summed E-state index contributed by atoms with van der Waals surface area (Å²) in [6, 6.07) is -1.86. The van der Waals surface area contributed by atoms with Crippen LogP contribution in [0.1, 0.15) is 44.2 Å². The van der Waals surface area contributed by atoms with Gasteiger partial charge < -0.3 is 9.84 Å². The monoisotopic (exact) mass is 306 g/mol. The molecule has 1 N–H and O–H groups in total. The maximum Gasteiger partial charge on any atom is 0.408 e. The summed E-state index contributed by atoms with van der Waals surface area (Å²) in [5.74, 6) is -0.238. The van der Waals surface area contributed by atoms with Crippen LogP contribution in [0, 0.1) is 19.3 Å². The zero-order valence-corrected chi connectivity index (χ0v) is 12.9. The van der Waals surface area contributed by atoms with Crippen LogP contribution in [-0.2, 0) is 11.2 Å². The van der Waals surface area contributed by atoms with Gasteiger partial charge in [0, 0.05) is 5.56 Å². The van der Waals surface area contributed by atoms with Crippen molar-refractivity contribution >= 4 is 5.91 Å². The average Bonchev–Trinajstić information content (AvgIpc) is 2.57. The Morgan fingerprint density at radius 3 is 2.24 bits per heavy atom. The number of amides is 1. The molecule has 120 valence electrons. The quantitative estimate of drug-likeness (QED) is 0.928. The summed E-state index contributed by atoms with van der Waals surface area (Å²) in [6.07, 6.45) is -4.82. The second-order valence-corrected chi connectivity index (χ2v) is 6.41. The third-order valence-electron chi connectivity index (χ3n) is 3.07. The molecule has 1 aromatic heterocycles. The van der Waals surface area contributed by atoms with E-state index in [1.54, 1.807) is 34.6 Å². The number of nitrogens with one attached hydrogen (secondary N) is 1. The maximum atomic E-state index is 13.0. The van der Waals surface area contributed by atoms with Crippen LogP contribution in [-0.4, -0.2) is 23.3 Å². The smallest absolute Gasteiger partial charge is 0.361 e. The van der Waals surface area contributed by atoms with Gasteiger partial charge in [-0.15, -0.1) is 0 Å². The van der Waals surface area contributed by atoms with Gasteiger partial charge in [-0.05, 0) is 25.7 Å². The first kappa shape index (κ1) is 17.5. The summed E-state index contributed by atoms with van der Waals surface area (Å²) in [5, 5.41) is 5.75. The number of rotatable bonds is 4. The maximum absolute atomic E-state index is 13.0. The fourth-order valence-electron chi connectivity index (χ4n) is 2.02. The Labute approximate surface area is 122 Å². The van der Waals surface area contributed by atoms with Crippen molar-refractivity contribution < 1.29 is 22.5 Å². The van der Waals surface area contributed by atoms with Gasteiger partial charge in [0.1, 0.15) is 11.8 Å². The van der Waals surface area contributed by atoms with E-state index in [4.69, 9.17) is 4.52 Å². The van der Waals surface area contributed by atoms with Crippen molar-refractivity contribution in [1.82, 2.24) is 10.5 Å². The highest BCUT2D eigenvalue weighted by molar-refractivity contribution is 5.79. The minimum absolute atomic E-state index is 0.169. The highest BCUT2D eigenvalue weighted by Gasteiger charge is 2.42. The van der Waals surface area contributed by atoms with Crippen LogP contribution in [0.2, 0.25) is 0 Å². The number of carbonyl (C=O) groups excluding carboxylic acids is 1. The fraction of sp³-hybridized carbons (Fsp3) is 0.714. The van der Waals surface area contributed by atoms with Crippen molar-refractivity contribution in [2.45, 2.75) is 59.7 Å². The molecule has 1 atom stereocenters. The summed E-state index contributed by atoms with van der Waals surface area (Å²) in [5.41, 5.74) is 0.502. The van der Waals surface area contributed by atoms with Gasteiger partial charge in [0.2, 0.25) is 5.91 Å². The number of alkyl halides is 3. The first-order valence-electron chi connectivity index (χ1n) is 6.68. The largest absolute Gasteiger partial charge is 0.408 e. The molecule has 0 spiro atoms. The number of hydrogen-bond donors (Lipinski definition) is 1. The molecule has 0 unspecified atom stereocenters. The normalized spacial score (nSPS) is 14.1. The lowest BCUT2D eigenvalue weighted by molar-refractivity contribution is -0.166. The topological polar surface area (TPSA) is 55.1 Å². The number of halogens is 3. The van der Waals surface area contributed by atoms with Crippen molar-refractivity contribution in [1.29, 1.82) is 0 Å². The van der Waals surface area contributed by atoms with E-state index < -0.39 is 23.5 Å². The summed E-state index contributed by atoms with van der Waals surface area (Å²) in [4.78, 5) is 11.9. The Hall–Kier alpha value is -1.53. The molecule has 1 heterocycles. The van der Waals surface area contributed by atoms with E-state index in [9.17, 15) is 18.0 Å². The van der Waals surface area contributed by atoms with Gasteiger partial charge in [0.15, 0.2) is 0 Å². The molecule has 0 fully saturated rings. The van der Waals surface area contributed by atoms with Gasteiger partial charge in [-0.3, -0.25) is 4.79 Å². The van der Waals surface area contributed by atoms with E-state index in [-0.39, 0.29) is 12.8 Å². The van der Waals surface area contributed by atoms with Crippen LogP contribution in [0.5, 0.6) is 0 Å². The molecule has 1 aromatic rings. The molecule has 21 heavy (non-hydrogen) atoms. The Kier molecular flexibility index (Phi) is 5.07. The van der Waals surface area contributed by atoms with Crippen molar-refractivity contribution in [3.63, 3.8) is 0 Å². The molecule has 0 aliphatic rings. The molecule has 0 saturated heterocycles. The first-order valence-corrected chi connectivity index (χ1v) is 6.68. The van der Waals surface area contributed by atoms with E-state index >= 15 is 0 Å². The number of carbonyl (C=O) groups is 1. The van der Waals surface area contributed by atoms with Crippen LogP contribution in [0.4, 0.5) is 13.2 Å². The van der Waals surface area contributed by atoms with Crippen LogP contribution in [0.15, 0.2) is 4.52 Å². The minimum atomic E-state index is -4.47. The predicted octanol–water partition coefficient (Wildman–Crippen LogP) is 3.32. The van der Waals surface area contributed by atoms with Gasteiger partial charge in [-0.25, -0.2) is 0 Å². The molecular weight excluding hydrogens is 285 g/mol. The van der Waals surface area contributed by atoms with Crippen LogP contribution < -0.4 is 5.32 Å². The van der Waals surface area contributed by atoms with E-state index in [0.29, 0.717) is 17.0 Å². The van der Waals surface area contributed by atoms with E-state index in [1.807, 2.05) is 0 Å². The molecule has 1 rings (SSSR count). The van der Waals surface area contributed by atoms with Crippen molar-refractivity contribution in [3.05, 3.63) is 17.0 Å². The van der Waals surface area contributed by atoms with Gasteiger partial charge in [-0.1, -0.05) is 25.9 Å². The van der Waals surface area contributed by atoms with Gasteiger partial charge in [0.05, 0.1) is 12.1 Å². The Morgan fingerprint density at radius 1 is 1.29 bits per heavy atom. The zero-order valence-electron chi connectivity index (χ0n) is 12.9. The van der Waals surface area contributed by atoms with E-state index in [1.165, 1.54) is 0 Å². The Bertz CT molecular complexity index is 482. The summed E-state index contributed by atoms with van der Waals surface area (Å²) in [6.45, 7) is 8.37. The highest BCUT2D eigenvalue weighted by Crippen LogP contribution is 2.30. The predicted molar refractivity (Wildman–Crippen MR) is 71.7 cm³/mol. The van der Waals surface area contributed by atoms with Crippen molar-refractivity contribution in [2.75, 3.05) is 0 Å². The third kappa shape index (κ3) is 5.40. The molecule has 0 saturated carbocycles.